The number of aliphatic imine (C=N–C) groups is 2. The van der Waals surface area contributed by atoms with Gasteiger partial charge in [0.1, 0.15) is 17.6 Å². The van der Waals surface area contributed by atoms with Crippen LogP contribution < -0.4 is 15.8 Å². The molecule has 0 aliphatic carbocycles. The maximum Gasteiger partial charge on any atom is 0.259 e. The van der Waals surface area contributed by atoms with Crippen LogP contribution >= 0.6 is 11.8 Å². The number of hydrogen-bond acceptors (Lipinski definition) is 7. The summed E-state index contributed by atoms with van der Waals surface area (Å²) in [6.07, 6.45) is 0.420. The number of amides is 3. The molecular formula is C23H23N5O4S. The van der Waals surface area contributed by atoms with Gasteiger partial charge < -0.3 is 15.8 Å². The molecule has 0 spiro atoms. The van der Waals surface area contributed by atoms with Crippen molar-refractivity contribution >= 4 is 46.2 Å². The first-order chi connectivity index (χ1) is 16.0. The lowest BCUT2D eigenvalue weighted by Crippen LogP contribution is -2.41. The van der Waals surface area contributed by atoms with Gasteiger partial charge in [-0.2, -0.15) is 0 Å². The number of methoxy groups -OCH3 is 1. The number of ether oxygens (including phenoxy) is 1. The molecule has 0 bridgehead atoms. The Labute approximate surface area is 195 Å². The van der Waals surface area contributed by atoms with E-state index in [1.165, 1.54) is 4.90 Å². The van der Waals surface area contributed by atoms with Gasteiger partial charge in [-0.25, -0.2) is 9.89 Å². The monoisotopic (exact) mass is 465 g/mol. The molecular weight excluding hydrogens is 442 g/mol. The standard InChI is InChI=1S/C23H23N5O4S/c1-32-15-8-6-14(7-9-15)12-25-20(30)11-10-18-22(31)28-21(26-18)16-4-2-3-5-17(16)27-23(28)33-13-19(24)29/h2-9,18H,10-13H2,1H3,(H2,24,29)(H,25,30)/t18-/m0/s1. The molecule has 9 nitrogen and oxygen atoms in total. The fourth-order valence-corrected chi connectivity index (χ4v) is 4.26. The first kappa shape index (κ1) is 22.5. The molecule has 4 rings (SSSR count). The highest BCUT2D eigenvalue weighted by Crippen LogP contribution is 2.34. The maximum atomic E-state index is 13.1. The minimum Gasteiger partial charge on any atom is -0.497 e. The fraction of sp³-hybridized carbons (Fsp3) is 0.261. The topological polar surface area (TPSA) is 126 Å². The number of carbonyl (C=O) groups is 3. The van der Waals surface area contributed by atoms with Gasteiger partial charge in [0.15, 0.2) is 5.17 Å². The molecule has 0 saturated heterocycles. The Balaban J connectivity index is 1.41. The number of amidine groups is 2. The van der Waals surface area contributed by atoms with E-state index in [2.05, 4.69) is 15.3 Å². The second-order valence-corrected chi connectivity index (χ2v) is 8.41. The van der Waals surface area contributed by atoms with Crippen molar-refractivity contribution in [1.29, 1.82) is 0 Å². The van der Waals surface area contributed by atoms with Crippen molar-refractivity contribution in [1.82, 2.24) is 10.2 Å². The predicted molar refractivity (Wildman–Crippen MR) is 126 cm³/mol. The van der Waals surface area contributed by atoms with Crippen molar-refractivity contribution in [3.63, 3.8) is 0 Å². The van der Waals surface area contributed by atoms with Gasteiger partial charge >= 0.3 is 0 Å². The summed E-state index contributed by atoms with van der Waals surface area (Å²) in [7, 11) is 1.60. The van der Waals surface area contributed by atoms with Gasteiger partial charge in [-0.05, 0) is 36.2 Å². The molecule has 0 unspecified atom stereocenters. The van der Waals surface area contributed by atoms with Crippen molar-refractivity contribution < 1.29 is 19.1 Å². The van der Waals surface area contributed by atoms with E-state index in [4.69, 9.17) is 10.5 Å². The molecule has 2 aromatic rings. The summed E-state index contributed by atoms with van der Waals surface area (Å²) in [5.41, 5.74) is 7.63. The highest BCUT2D eigenvalue weighted by molar-refractivity contribution is 8.14. The van der Waals surface area contributed by atoms with E-state index < -0.39 is 11.9 Å². The fourth-order valence-electron chi connectivity index (χ4n) is 3.52. The van der Waals surface area contributed by atoms with Crippen LogP contribution in [0.3, 0.4) is 0 Å². The molecule has 0 aromatic heterocycles. The number of benzene rings is 2. The largest absolute Gasteiger partial charge is 0.497 e. The van der Waals surface area contributed by atoms with E-state index in [0.29, 0.717) is 23.2 Å². The normalized spacial score (nSPS) is 16.5. The molecule has 2 aliphatic rings. The SMILES string of the molecule is COc1ccc(CNC(=O)CC[C@@H]2N=C3c4ccccc4N=C(SCC(N)=O)N3C2=O)cc1. The van der Waals surface area contributed by atoms with Crippen molar-refractivity contribution in [3.8, 4) is 5.75 Å². The van der Waals surface area contributed by atoms with Gasteiger partial charge in [-0.3, -0.25) is 19.4 Å². The second-order valence-electron chi connectivity index (χ2n) is 7.47. The number of nitrogens with zero attached hydrogens (tertiary/aromatic N) is 3. The smallest absolute Gasteiger partial charge is 0.259 e. The molecule has 33 heavy (non-hydrogen) atoms. The Morgan fingerprint density at radius 1 is 1.18 bits per heavy atom. The number of carbonyl (C=O) groups excluding carboxylic acids is 3. The molecule has 2 heterocycles. The van der Waals surface area contributed by atoms with Crippen LogP contribution in [-0.2, 0) is 20.9 Å². The lowest BCUT2D eigenvalue weighted by Gasteiger charge is -2.25. The van der Waals surface area contributed by atoms with Gasteiger partial charge in [0.2, 0.25) is 11.8 Å². The third kappa shape index (κ3) is 5.06. The maximum absolute atomic E-state index is 13.1. The predicted octanol–water partition coefficient (Wildman–Crippen LogP) is 1.97. The van der Waals surface area contributed by atoms with E-state index in [-0.39, 0.29) is 30.4 Å². The molecule has 3 N–H and O–H groups in total. The Kier molecular flexibility index (Phi) is 6.74. The number of thioether (sulfide) groups is 1. The van der Waals surface area contributed by atoms with Crippen LogP contribution in [-0.4, -0.2) is 52.5 Å². The molecule has 1 atom stereocenters. The molecule has 170 valence electrons. The van der Waals surface area contributed by atoms with Crippen LogP contribution in [0, 0.1) is 0 Å². The molecule has 2 aromatic carbocycles. The Bertz CT molecular complexity index is 1150. The van der Waals surface area contributed by atoms with Gasteiger partial charge in [-0.15, -0.1) is 0 Å². The Morgan fingerprint density at radius 2 is 1.94 bits per heavy atom. The van der Waals surface area contributed by atoms with Crippen molar-refractivity contribution in [2.45, 2.75) is 25.4 Å². The van der Waals surface area contributed by atoms with E-state index >= 15 is 0 Å². The lowest BCUT2D eigenvalue weighted by atomic mass is 10.1. The summed E-state index contributed by atoms with van der Waals surface area (Å²) in [5.74, 6) is 0.298. The second kappa shape index (κ2) is 9.86. The van der Waals surface area contributed by atoms with Crippen LogP contribution in [0.4, 0.5) is 5.69 Å². The summed E-state index contributed by atoms with van der Waals surface area (Å²) >= 11 is 1.10. The number of primary amides is 1. The number of rotatable bonds is 8. The van der Waals surface area contributed by atoms with E-state index in [0.717, 1.165) is 28.6 Å². The van der Waals surface area contributed by atoms with Crippen molar-refractivity contribution in [3.05, 3.63) is 59.7 Å². The summed E-state index contributed by atoms with van der Waals surface area (Å²) in [4.78, 5) is 47.3. The van der Waals surface area contributed by atoms with Crippen molar-refractivity contribution in [2.24, 2.45) is 15.7 Å². The number of nitrogens with one attached hydrogen (secondary N) is 1. The van der Waals surface area contributed by atoms with Crippen LogP contribution in [0.1, 0.15) is 24.0 Å². The number of hydrogen-bond donors (Lipinski definition) is 2. The molecule has 0 radical (unpaired) electrons. The van der Waals surface area contributed by atoms with E-state index in [1.807, 2.05) is 48.5 Å². The summed E-state index contributed by atoms with van der Waals surface area (Å²) in [5, 5.41) is 3.23. The molecule has 0 saturated carbocycles. The number of para-hydroxylation sites is 1. The third-order valence-electron chi connectivity index (χ3n) is 5.18. The number of fused-ring (bicyclic) bond motifs is 3. The minimum atomic E-state index is -0.697. The molecule has 0 fully saturated rings. The van der Waals surface area contributed by atoms with Crippen molar-refractivity contribution in [2.75, 3.05) is 12.9 Å². The van der Waals surface area contributed by atoms with Crippen LogP contribution in [0.25, 0.3) is 0 Å². The quantitative estimate of drug-likeness (QED) is 0.616. The average molecular weight is 466 g/mol. The Morgan fingerprint density at radius 3 is 2.67 bits per heavy atom. The molecule has 3 amide bonds. The Hall–Kier alpha value is -3.66. The zero-order valence-electron chi connectivity index (χ0n) is 18.0. The zero-order chi connectivity index (χ0) is 23.4. The summed E-state index contributed by atoms with van der Waals surface area (Å²) in [6, 6.07) is 14.1. The minimum absolute atomic E-state index is 0.00348. The highest BCUT2D eigenvalue weighted by Gasteiger charge is 2.41. The zero-order valence-corrected chi connectivity index (χ0v) is 18.8. The van der Waals surface area contributed by atoms with Gasteiger partial charge in [0, 0.05) is 18.5 Å². The number of nitrogens with two attached hydrogens (primary N) is 1. The van der Waals surface area contributed by atoms with Crippen LogP contribution in [0.15, 0.2) is 58.5 Å². The highest BCUT2D eigenvalue weighted by atomic mass is 32.2. The average Bonchev–Trinajstić information content (AvgIpc) is 3.16. The summed E-state index contributed by atoms with van der Waals surface area (Å²) < 4.78 is 5.13. The molecule has 2 aliphatic heterocycles. The van der Waals surface area contributed by atoms with Crippen LogP contribution in [0.2, 0.25) is 0 Å². The third-order valence-corrected chi connectivity index (χ3v) is 6.15. The summed E-state index contributed by atoms with van der Waals surface area (Å²) in [6.45, 7) is 0.385. The van der Waals surface area contributed by atoms with E-state index in [1.54, 1.807) is 7.11 Å². The lowest BCUT2D eigenvalue weighted by molar-refractivity contribution is -0.125. The van der Waals surface area contributed by atoms with Gasteiger partial charge in [0.25, 0.3) is 5.91 Å². The van der Waals surface area contributed by atoms with Gasteiger partial charge in [-0.1, -0.05) is 36.0 Å². The molecule has 10 heteroatoms. The van der Waals surface area contributed by atoms with Crippen LogP contribution in [0.5, 0.6) is 5.75 Å². The first-order valence-electron chi connectivity index (χ1n) is 10.4. The first-order valence-corrected chi connectivity index (χ1v) is 11.4. The van der Waals surface area contributed by atoms with E-state index in [9.17, 15) is 14.4 Å². The van der Waals surface area contributed by atoms with Gasteiger partial charge in [0.05, 0.1) is 18.6 Å².